The summed E-state index contributed by atoms with van der Waals surface area (Å²) in [5.41, 5.74) is 1.03. The first-order chi connectivity index (χ1) is 8.84. The molecule has 102 valence electrons. The Morgan fingerprint density at radius 1 is 1.05 bits per heavy atom. The van der Waals surface area contributed by atoms with Gasteiger partial charge in [0.1, 0.15) is 5.75 Å². The molecule has 0 amide bonds. The average Bonchev–Trinajstić information content (AvgIpc) is 2.91. The van der Waals surface area contributed by atoms with Crippen molar-refractivity contribution >= 4 is 23.2 Å². The summed E-state index contributed by atoms with van der Waals surface area (Å²) in [6.45, 7) is 0.762. The molecule has 1 aliphatic carbocycles. The molecule has 0 spiro atoms. The molecule has 0 atom stereocenters. The Kier molecular flexibility index (Phi) is 4.67. The zero-order valence-electron chi connectivity index (χ0n) is 10.9. The van der Waals surface area contributed by atoms with Crippen LogP contribution in [0.5, 0.6) is 5.75 Å². The maximum Gasteiger partial charge on any atom is 0.120 e. The minimum atomic E-state index is 0. The van der Waals surface area contributed by atoms with Gasteiger partial charge in [-0.25, -0.2) is 0 Å². The van der Waals surface area contributed by atoms with Crippen LogP contribution in [0.25, 0.3) is 10.8 Å². The van der Waals surface area contributed by atoms with Crippen LogP contribution >= 0.6 is 12.4 Å². The number of hydrogen-bond acceptors (Lipinski definition) is 2. The monoisotopic (exact) mass is 277 g/mol. The Hall–Kier alpha value is -1.25. The molecule has 1 fully saturated rings. The SMILES string of the molecule is Cl.Oc1ccc2ccccc2c1CNC1CCCC1. The lowest BCUT2D eigenvalue weighted by molar-refractivity contribution is 0.458. The van der Waals surface area contributed by atoms with Crippen molar-refractivity contribution in [3.63, 3.8) is 0 Å². The van der Waals surface area contributed by atoms with E-state index in [9.17, 15) is 5.11 Å². The van der Waals surface area contributed by atoms with Crippen LogP contribution in [0.1, 0.15) is 31.2 Å². The van der Waals surface area contributed by atoms with Crippen LogP contribution in [0, 0.1) is 0 Å². The fraction of sp³-hybridized carbons (Fsp3) is 0.375. The highest BCUT2D eigenvalue weighted by atomic mass is 35.5. The Bertz CT molecular complexity index is 549. The van der Waals surface area contributed by atoms with Crippen LogP contribution in [-0.4, -0.2) is 11.1 Å². The van der Waals surface area contributed by atoms with E-state index >= 15 is 0 Å². The predicted molar refractivity (Wildman–Crippen MR) is 82.0 cm³/mol. The van der Waals surface area contributed by atoms with Gasteiger partial charge in [-0.2, -0.15) is 0 Å². The van der Waals surface area contributed by atoms with Gasteiger partial charge in [-0.15, -0.1) is 12.4 Å². The van der Waals surface area contributed by atoms with E-state index in [1.54, 1.807) is 6.07 Å². The summed E-state index contributed by atoms with van der Waals surface area (Å²) in [6.07, 6.45) is 5.20. The smallest absolute Gasteiger partial charge is 0.120 e. The van der Waals surface area contributed by atoms with E-state index in [1.165, 1.54) is 31.1 Å². The predicted octanol–water partition coefficient (Wildman–Crippen LogP) is 4.00. The van der Waals surface area contributed by atoms with Gasteiger partial charge < -0.3 is 10.4 Å². The first-order valence-electron chi connectivity index (χ1n) is 6.77. The second kappa shape index (κ2) is 6.27. The third kappa shape index (κ3) is 3.02. The fourth-order valence-corrected chi connectivity index (χ4v) is 2.89. The third-order valence-corrected chi connectivity index (χ3v) is 3.94. The summed E-state index contributed by atoms with van der Waals surface area (Å²) in [5.74, 6) is 0.402. The number of phenolic OH excluding ortho intramolecular Hbond substituents is 1. The average molecular weight is 278 g/mol. The van der Waals surface area contributed by atoms with Crippen LogP contribution in [0.15, 0.2) is 36.4 Å². The fourth-order valence-electron chi connectivity index (χ4n) is 2.89. The van der Waals surface area contributed by atoms with E-state index < -0.39 is 0 Å². The third-order valence-electron chi connectivity index (χ3n) is 3.94. The first-order valence-corrected chi connectivity index (χ1v) is 6.77. The summed E-state index contributed by atoms with van der Waals surface area (Å²) in [7, 11) is 0. The molecule has 19 heavy (non-hydrogen) atoms. The second-order valence-electron chi connectivity index (χ2n) is 5.15. The van der Waals surface area contributed by atoms with Crippen molar-refractivity contribution in [2.24, 2.45) is 0 Å². The molecule has 2 N–H and O–H groups in total. The van der Waals surface area contributed by atoms with Crippen molar-refractivity contribution in [3.05, 3.63) is 42.0 Å². The number of aromatic hydroxyl groups is 1. The van der Waals surface area contributed by atoms with E-state index in [0.717, 1.165) is 17.5 Å². The molecular formula is C16H20ClNO. The van der Waals surface area contributed by atoms with Crippen LogP contribution in [-0.2, 0) is 6.54 Å². The van der Waals surface area contributed by atoms with Gasteiger partial charge in [-0.05, 0) is 29.7 Å². The highest BCUT2D eigenvalue weighted by molar-refractivity contribution is 5.87. The summed E-state index contributed by atoms with van der Waals surface area (Å²) in [4.78, 5) is 0. The maximum atomic E-state index is 10.0. The molecule has 0 aliphatic heterocycles. The molecule has 1 saturated carbocycles. The molecule has 0 aromatic heterocycles. The molecule has 0 bridgehead atoms. The molecule has 0 saturated heterocycles. The number of fused-ring (bicyclic) bond motifs is 1. The summed E-state index contributed by atoms with van der Waals surface area (Å²) in [6, 6.07) is 12.6. The maximum absolute atomic E-state index is 10.0. The first kappa shape index (κ1) is 14.2. The van der Waals surface area contributed by atoms with Gasteiger partial charge in [0.15, 0.2) is 0 Å². The molecular weight excluding hydrogens is 258 g/mol. The molecule has 0 unspecified atom stereocenters. The lowest BCUT2D eigenvalue weighted by Gasteiger charge is -2.14. The Balaban J connectivity index is 0.00000133. The molecule has 0 radical (unpaired) electrons. The molecule has 3 heteroatoms. The topological polar surface area (TPSA) is 32.3 Å². The van der Waals surface area contributed by atoms with Crippen molar-refractivity contribution in [1.29, 1.82) is 0 Å². The lowest BCUT2D eigenvalue weighted by Crippen LogP contribution is -2.25. The summed E-state index contributed by atoms with van der Waals surface area (Å²) >= 11 is 0. The number of phenols is 1. The number of halogens is 1. The zero-order chi connectivity index (χ0) is 12.4. The minimum Gasteiger partial charge on any atom is -0.508 e. The molecule has 2 aromatic carbocycles. The van der Waals surface area contributed by atoms with Crippen molar-refractivity contribution < 1.29 is 5.11 Å². The van der Waals surface area contributed by atoms with E-state index in [1.807, 2.05) is 18.2 Å². The van der Waals surface area contributed by atoms with Gasteiger partial charge in [0.2, 0.25) is 0 Å². The Morgan fingerprint density at radius 2 is 1.79 bits per heavy atom. The quantitative estimate of drug-likeness (QED) is 0.889. The normalized spacial score (nSPS) is 15.6. The van der Waals surface area contributed by atoms with Crippen molar-refractivity contribution in [2.75, 3.05) is 0 Å². The molecule has 0 heterocycles. The molecule has 3 rings (SSSR count). The van der Waals surface area contributed by atoms with Gasteiger partial charge >= 0.3 is 0 Å². The van der Waals surface area contributed by atoms with Gasteiger partial charge in [-0.3, -0.25) is 0 Å². The van der Waals surface area contributed by atoms with Gasteiger partial charge in [-0.1, -0.05) is 43.2 Å². The second-order valence-corrected chi connectivity index (χ2v) is 5.15. The van der Waals surface area contributed by atoms with E-state index in [4.69, 9.17) is 0 Å². The van der Waals surface area contributed by atoms with Crippen LogP contribution in [0.4, 0.5) is 0 Å². The molecule has 1 aliphatic rings. The largest absolute Gasteiger partial charge is 0.508 e. The van der Waals surface area contributed by atoms with Crippen LogP contribution < -0.4 is 5.32 Å². The highest BCUT2D eigenvalue weighted by Crippen LogP contribution is 2.27. The van der Waals surface area contributed by atoms with E-state index in [-0.39, 0.29) is 12.4 Å². The van der Waals surface area contributed by atoms with Crippen molar-refractivity contribution in [1.82, 2.24) is 5.32 Å². The summed E-state index contributed by atoms with van der Waals surface area (Å²) < 4.78 is 0. The minimum absolute atomic E-state index is 0. The van der Waals surface area contributed by atoms with E-state index in [0.29, 0.717) is 11.8 Å². The lowest BCUT2D eigenvalue weighted by atomic mass is 10.0. The zero-order valence-corrected chi connectivity index (χ0v) is 11.7. The van der Waals surface area contributed by atoms with Gasteiger partial charge in [0.05, 0.1) is 0 Å². The number of hydrogen-bond donors (Lipinski definition) is 2. The van der Waals surface area contributed by atoms with E-state index in [2.05, 4.69) is 17.4 Å². The number of benzene rings is 2. The van der Waals surface area contributed by atoms with Crippen molar-refractivity contribution in [3.8, 4) is 5.75 Å². The number of rotatable bonds is 3. The highest BCUT2D eigenvalue weighted by Gasteiger charge is 2.15. The van der Waals surface area contributed by atoms with Gasteiger partial charge in [0.25, 0.3) is 0 Å². The number of nitrogens with one attached hydrogen (secondary N) is 1. The Morgan fingerprint density at radius 3 is 2.58 bits per heavy atom. The Labute approximate surface area is 120 Å². The van der Waals surface area contributed by atoms with Gasteiger partial charge in [0, 0.05) is 18.2 Å². The molecule has 2 aromatic rings. The van der Waals surface area contributed by atoms with Crippen molar-refractivity contribution in [2.45, 2.75) is 38.3 Å². The molecule has 2 nitrogen and oxygen atoms in total. The van der Waals surface area contributed by atoms with Crippen LogP contribution in [0.2, 0.25) is 0 Å². The summed E-state index contributed by atoms with van der Waals surface area (Å²) in [5, 5.41) is 16.0. The van der Waals surface area contributed by atoms with Crippen LogP contribution in [0.3, 0.4) is 0 Å². The standard InChI is InChI=1S/C16H19NO.ClH/c18-16-10-9-12-5-1-4-8-14(12)15(16)11-17-13-6-2-3-7-13;/h1,4-5,8-10,13,17-18H,2-3,6-7,11H2;1H.